The second kappa shape index (κ2) is 5.69. The summed E-state index contributed by atoms with van der Waals surface area (Å²) in [6.07, 6.45) is 2.15. The summed E-state index contributed by atoms with van der Waals surface area (Å²) in [4.78, 5) is 20.4. The van der Waals surface area contributed by atoms with Crippen LogP contribution in [0.5, 0.6) is 0 Å². The summed E-state index contributed by atoms with van der Waals surface area (Å²) in [6, 6.07) is 7.90. The fourth-order valence-electron chi connectivity index (χ4n) is 2.49. The van der Waals surface area contributed by atoms with Crippen molar-refractivity contribution >= 4 is 39.4 Å². The van der Waals surface area contributed by atoms with Gasteiger partial charge in [-0.1, -0.05) is 18.2 Å². The number of para-hydroxylation sites is 1. The van der Waals surface area contributed by atoms with Gasteiger partial charge in [-0.2, -0.15) is 0 Å². The molecule has 0 aliphatic carbocycles. The van der Waals surface area contributed by atoms with Gasteiger partial charge in [0.25, 0.3) is 0 Å². The molecule has 0 saturated carbocycles. The molecule has 0 aliphatic rings. The maximum absolute atomic E-state index is 11.5. The standard InChI is InChI=1S/C15H15ClN4O/c1-17-14(21)6-7-20-13(8-16)19-12-9-18-11-5-3-2-4-10(11)15(12)20/h2-5,9H,6-8H2,1H3,(H,17,21). The van der Waals surface area contributed by atoms with Crippen molar-refractivity contribution in [1.29, 1.82) is 0 Å². The van der Waals surface area contributed by atoms with Gasteiger partial charge in [0.05, 0.1) is 23.1 Å². The summed E-state index contributed by atoms with van der Waals surface area (Å²) in [7, 11) is 1.64. The number of hydrogen-bond acceptors (Lipinski definition) is 3. The van der Waals surface area contributed by atoms with E-state index in [1.54, 1.807) is 13.2 Å². The normalized spacial score (nSPS) is 11.1. The van der Waals surface area contributed by atoms with Gasteiger partial charge >= 0.3 is 0 Å². The molecule has 0 unspecified atom stereocenters. The number of rotatable bonds is 4. The van der Waals surface area contributed by atoms with E-state index in [4.69, 9.17) is 11.6 Å². The molecule has 3 aromatic rings. The van der Waals surface area contributed by atoms with Gasteiger partial charge in [-0.25, -0.2) is 4.98 Å². The number of halogens is 1. The Balaban J connectivity index is 2.19. The third-order valence-corrected chi connectivity index (χ3v) is 3.76. The lowest BCUT2D eigenvalue weighted by Crippen LogP contribution is -2.20. The van der Waals surface area contributed by atoms with E-state index in [1.165, 1.54) is 0 Å². The molecule has 5 nitrogen and oxygen atoms in total. The molecule has 21 heavy (non-hydrogen) atoms. The Hall–Kier alpha value is -2.14. The third kappa shape index (κ3) is 2.45. The van der Waals surface area contributed by atoms with Crippen LogP contribution in [0.15, 0.2) is 30.5 Å². The highest BCUT2D eigenvalue weighted by molar-refractivity contribution is 6.17. The molecule has 0 fully saturated rings. The van der Waals surface area contributed by atoms with Gasteiger partial charge in [-0.15, -0.1) is 11.6 Å². The fourth-order valence-corrected chi connectivity index (χ4v) is 2.70. The zero-order chi connectivity index (χ0) is 14.8. The van der Waals surface area contributed by atoms with Crippen LogP contribution in [0.3, 0.4) is 0 Å². The van der Waals surface area contributed by atoms with Crippen molar-refractivity contribution in [2.24, 2.45) is 0 Å². The van der Waals surface area contributed by atoms with Crippen LogP contribution >= 0.6 is 11.6 Å². The zero-order valence-corrected chi connectivity index (χ0v) is 12.4. The molecule has 0 radical (unpaired) electrons. The molecule has 1 N–H and O–H groups in total. The van der Waals surface area contributed by atoms with Crippen molar-refractivity contribution in [1.82, 2.24) is 19.9 Å². The van der Waals surface area contributed by atoms with Crippen molar-refractivity contribution in [2.45, 2.75) is 18.8 Å². The van der Waals surface area contributed by atoms with E-state index in [2.05, 4.69) is 15.3 Å². The molecule has 0 bridgehead atoms. The van der Waals surface area contributed by atoms with Crippen molar-refractivity contribution in [3.05, 3.63) is 36.3 Å². The number of amides is 1. The minimum absolute atomic E-state index is 0.00395. The number of benzene rings is 1. The molecule has 0 saturated heterocycles. The van der Waals surface area contributed by atoms with Crippen LogP contribution in [-0.4, -0.2) is 27.5 Å². The van der Waals surface area contributed by atoms with Crippen LogP contribution < -0.4 is 5.32 Å². The largest absolute Gasteiger partial charge is 0.359 e. The number of nitrogens with one attached hydrogen (secondary N) is 1. The number of alkyl halides is 1. The first-order valence-corrected chi connectivity index (χ1v) is 7.27. The Kier molecular flexibility index (Phi) is 3.75. The minimum Gasteiger partial charge on any atom is -0.359 e. The number of aryl methyl sites for hydroxylation is 1. The number of hydrogen-bond donors (Lipinski definition) is 1. The topological polar surface area (TPSA) is 59.8 Å². The quantitative estimate of drug-likeness (QED) is 0.753. The molecule has 0 atom stereocenters. The molecule has 1 aromatic carbocycles. The highest BCUT2D eigenvalue weighted by atomic mass is 35.5. The summed E-state index contributed by atoms with van der Waals surface area (Å²) in [5, 5.41) is 3.66. The van der Waals surface area contributed by atoms with Gasteiger partial charge in [0, 0.05) is 25.4 Å². The van der Waals surface area contributed by atoms with Crippen molar-refractivity contribution in [2.75, 3.05) is 7.05 Å². The second-order valence-electron chi connectivity index (χ2n) is 4.75. The highest BCUT2D eigenvalue weighted by Gasteiger charge is 2.14. The van der Waals surface area contributed by atoms with Gasteiger partial charge in [-0.3, -0.25) is 9.78 Å². The van der Waals surface area contributed by atoms with Gasteiger partial charge in [0.2, 0.25) is 5.91 Å². The van der Waals surface area contributed by atoms with Gasteiger partial charge in [0.1, 0.15) is 11.3 Å². The maximum Gasteiger partial charge on any atom is 0.221 e. The fraction of sp³-hybridized carbons (Fsp3) is 0.267. The van der Waals surface area contributed by atoms with Crippen molar-refractivity contribution in [3.8, 4) is 0 Å². The Morgan fingerprint density at radius 3 is 2.90 bits per heavy atom. The number of carbonyl (C=O) groups is 1. The number of aromatic nitrogens is 3. The Labute approximate surface area is 126 Å². The first-order chi connectivity index (χ1) is 10.2. The predicted octanol–water partition coefficient (Wildman–Crippen LogP) is 2.46. The number of fused-ring (bicyclic) bond motifs is 3. The van der Waals surface area contributed by atoms with E-state index in [0.717, 1.165) is 27.8 Å². The summed E-state index contributed by atoms with van der Waals surface area (Å²) in [5.74, 6) is 1.06. The van der Waals surface area contributed by atoms with Gasteiger partial charge in [-0.05, 0) is 6.07 Å². The third-order valence-electron chi connectivity index (χ3n) is 3.52. The molecule has 2 aromatic heterocycles. The molecular weight excluding hydrogens is 288 g/mol. The van der Waals surface area contributed by atoms with E-state index >= 15 is 0 Å². The monoisotopic (exact) mass is 302 g/mol. The van der Waals surface area contributed by atoms with Crippen molar-refractivity contribution in [3.63, 3.8) is 0 Å². The molecule has 2 heterocycles. The Morgan fingerprint density at radius 1 is 1.33 bits per heavy atom. The number of pyridine rings is 1. The highest BCUT2D eigenvalue weighted by Crippen LogP contribution is 2.25. The van der Waals surface area contributed by atoms with E-state index in [-0.39, 0.29) is 5.91 Å². The number of imidazole rings is 1. The number of nitrogens with zero attached hydrogens (tertiary/aromatic N) is 3. The molecule has 0 spiro atoms. The van der Waals surface area contributed by atoms with E-state index in [9.17, 15) is 4.79 Å². The number of carbonyl (C=O) groups excluding carboxylic acids is 1. The summed E-state index contributed by atoms with van der Waals surface area (Å²) in [5.41, 5.74) is 2.70. The molecule has 1 amide bonds. The van der Waals surface area contributed by atoms with Crippen LogP contribution in [0.2, 0.25) is 0 Å². The van der Waals surface area contributed by atoms with Gasteiger partial charge in [0.15, 0.2) is 0 Å². The minimum atomic E-state index is -0.00395. The van der Waals surface area contributed by atoms with Crippen molar-refractivity contribution < 1.29 is 4.79 Å². The first-order valence-electron chi connectivity index (χ1n) is 6.74. The lowest BCUT2D eigenvalue weighted by molar-refractivity contribution is -0.120. The molecule has 0 aliphatic heterocycles. The maximum atomic E-state index is 11.5. The Bertz CT molecular complexity index is 812. The molecule has 3 rings (SSSR count). The van der Waals surface area contributed by atoms with Crippen LogP contribution in [0.4, 0.5) is 0 Å². The molecular formula is C15H15ClN4O. The SMILES string of the molecule is CNC(=O)CCn1c(CCl)nc2cnc3ccccc3c21. The molecule has 6 heteroatoms. The lowest BCUT2D eigenvalue weighted by atomic mass is 10.2. The van der Waals surface area contributed by atoms with Crippen LogP contribution in [0, 0.1) is 0 Å². The average Bonchev–Trinajstić information content (AvgIpc) is 2.90. The van der Waals surface area contributed by atoms with Crippen LogP contribution in [0.25, 0.3) is 21.9 Å². The lowest BCUT2D eigenvalue weighted by Gasteiger charge is -2.08. The predicted molar refractivity (Wildman–Crippen MR) is 83.3 cm³/mol. The summed E-state index contributed by atoms with van der Waals surface area (Å²) in [6.45, 7) is 0.548. The zero-order valence-electron chi connectivity index (χ0n) is 11.6. The van der Waals surface area contributed by atoms with Gasteiger partial charge < -0.3 is 9.88 Å². The summed E-state index contributed by atoms with van der Waals surface area (Å²) < 4.78 is 2.02. The first kappa shape index (κ1) is 13.8. The van der Waals surface area contributed by atoms with E-state index in [1.807, 2.05) is 28.8 Å². The smallest absolute Gasteiger partial charge is 0.221 e. The second-order valence-corrected chi connectivity index (χ2v) is 5.01. The average molecular weight is 303 g/mol. The van der Waals surface area contributed by atoms with E-state index in [0.29, 0.717) is 18.8 Å². The summed E-state index contributed by atoms with van der Waals surface area (Å²) >= 11 is 6.00. The van der Waals surface area contributed by atoms with Crippen LogP contribution in [0.1, 0.15) is 12.2 Å². The van der Waals surface area contributed by atoms with E-state index < -0.39 is 0 Å². The Morgan fingerprint density at radius 2 is 2.14 bits per heavy atom. The van der Waals surface area contributed by atoms with Crippen LogP contribution in [-0.2, 0) is 17.2 Å². The molecule has 108 valence electrons.